The number of amides is 2. The fourth-order valence-electron chi connectivity index (χ4n) is 4.33. The second-order valence-corrected chi connectivity index (χ2v) is 7.67. The quantitative estimate of drug-likeness (QED) is 0.822. The van der Waals surface area contributed by atoms with E-state index in [2.05, 4.69) is 10.6 Å². The molecule has 2 bridgehead atoms. The van der Waals surface area contributed by atoms with Gasteiger partial charge in [0.15, 0.2) is 0 Å². The maximum atomic E-state index is 12.3. The molecule has 2 N–H and O–H groups in total. The molecule has 5 nitrogen and oxygen atoms in total. The molecule has 0 aromatic rings. The fourth-order valence-corrected chi connectivity index (χ4v) is 4.33. The van der Waals surface area contributed by atoms with Gasteiger partial charge in [0.25, 0.3) is 0 Å². The Morgan fingerprint density at radius 3 is 2.50 bits per heavy atom. The molecule has 3 unspecified atom stereocenters. The molecule has 3 aliphatic rings. The SMILES string of the molecule is CC(C)C(=O)N1CCC(NC(=O)CC2CC3CCC(C2)N3)C1. The van der Waals surface area contributed by atoms with E-state index < -0.39 is 0 Å². The number of nitrogens with zero attached hydrogens (tertiary/aromatic N) is 1. The van der Waals surface area contributed by atoms with E-state index in [9.17, 15) is 9.59 Å². The minimum atomic E-state index is 0.0414. The predicted octanol–water partition coefficient (Wildman–Crippen LogP) is 1.28. The maximum Gasteiger partial charge on any atom is 0.225 e. The highest BCUT2D eigenvalue weighted by molar-refractivity contribution is 5.79. The Kier molecular flexibility index (Phi) is 4.71. The van der Waals surface area contributed by atoms with Gasteiger partial charge >= 0.3 is 0 Å². The van der Waals surface area contributed by atoms with Crippen LogP contribution in [0.25, 0.3) is 0 Å². The molecule has 3 saturated heterocycles. The van der Waals surface area contributed by atoms with Gasteiger partial charge in [-0.05, 0) is 38.0 Å². The number of nitrogens with one attached hydrogen (secondary N) is 2. The van der Waals surface area contributed by atoms with Crippen molar-refractivity contribution in [1.29, 1.82) is 0 Å². The van der Waals surface area contributed by atoms with Crippen molar-refractivity contribution in [2.75, 3.05) is 13.1 Å². The van der Waals surface area contributed by atoms with Crippen LogP contribution in [0, 0.1) is 11.8 Å². The lowest BCUT2D eigenvalue weighted by molar-refractivity contribution is -0.133. The highest BCUT2D eigenvalue weighted by Crippen LogP contribution is 2.32. The zero-order valence-corrected chi connectivity index (χ0v) is 13.8. The van der Waals surface area contributed by atoms with Gasteiger partial charge < -0.3 is 15.5 Å². The number of carbonyl (C=O) groups is 2. The van der Waals surface area contributed by atoms with E-state index in [0.717, 1.165) is 25.8 Å². The monoisotopic (exact) mass is 307 g/mol. The highest BCUT2D eigenvalue weighted by atomic mass is 16.2. The average Bonchev–Trinajstić information content (AvgIpc) is 3.04. The Bertz CT molecular complexity index is 426. The second-order valence-electron chi connectivity index (χ2n) is 7.67. The number of hydrogen-bond donors (Lipinski definition) is 2. The van der Waals surface area contributed by atoms with Gasteiger partial charge in [-0.25, -0.2) is 0 Å². The third-order valence-electron chi connectivity index (χ3n) is 5.40. The Morgan fingerprint density at radius 2 is 1.86 bits per heavy atom. The van der Waals surface area contributed by atoms with Crippen LogP contribution < -0.4 is 10.6 Å². The number of piperidine rings is 1. The molecule has 0 aliphatic carbocycles. The van der Waals surface area contributed by atoms with Crippen molar-refractivity contribution in [2.24, 2.45) is 11.8 Å². The van der Waals surface area contributed by atoms with Crippen LogP contribution in [0.5, 0.6) is 0 Å². The summed E-state index contributed by atoms with van der Waals surface area (Å²) >= 11 is 0. The molecule has 22 heavy (non-hydrogen) atoms. The van der Waals surface area contributed by atoms with Crippen molar-refractivity contribution < 1.29 is 9.59 Å². The van der Waals surface area contributed by atoms with Gasteiger partial charge in [0, 0.05) is 43.6 Å². The molecule has 0 aromatic carbocycles. The van der Waals surface area contributed by atoms with Crippen LogP contribution in [0.4, 0.5) is 0 Å². The van der Waals surface area contributed by atoms with Crippen molar-refractivity contribution in [1.82, 2.24) is 15.5 Å². The van der Waals surface area contributed by atoms with E-state index in [0.29, 0.717) is 31.0 Å². The van der Waals surface area contributed by atoms with Gasteiger partial charge in [-0.15, -0.1) is 0 Å². The van der Waals surface area contributed by atoms with E-state index in [4.69, 9.17) is 0 Å². The van der Waals surface area contributed by atoms with E-state index >= 15 is 0 Å². The molecule has 124 valence electrons. The van der Waals surface area contributed by atoms with Crippen molar-refractivity contribution in [3.05, 3.63) is 0 Å². The highest BCUT2D eigenvalue weighted by Gasteiger charge is 2.35. The fraction of sp³-hybridized carbons (Fsp3) is 0.882. The summed E-state index contributed by atoms with van der Waals surface area (Å²) in [5.41, 5.74) is 0. The molecule has 0 spiro atoms. The summed E-state index contributed by atoms with van der Waals surface area (Å²) in [7, 11) is 0. The van der Waals surface area contributed by atoms with Crippen LogP contribution in [-0.4, -0.2) is 47.9 Å². The van der Waals surface area contributed by atoms with Gasteiger partial charge in [0.1, 0.15) is 0 Å². The summed E-state index contributed by atoms with van der Waals surface area (Å²) in [4.78, 5) is 26.1. The minimum Gasteiger partial charge on any atom is -0.352 e. The van der Waals surface area contributed by atoms with Crippen molar-refractivity contribution in [3.63, 3.8) is 0 Å². The van der Waals surface area contributed by atoms with E-state index in [1.54, 1.807) is 0 Å². The molecular formula is C17H29N3O2. The summed E-state index contributed by atoms with van der Waals surface area (Å²) < 4.78 is 0. The van der Waals surface area contributed by atoms with Crippen LogP contribution in [0.3, 0.4) is 0 Å². The predicted molar refractivity (Wildman–Crippen MR) is 85.3 cm³/mol. The van der Waals surface area contributed by atoms with E-state index in [1.165, 1.54) is 12.8 Å². The average molecular weight is 307 g/mol. The van der Waals surface area contributed by atoms with Gasteiger partial charge in [0.05, 0.1) is 0 Å². The zero-order valence-electron chi connectivity index (χ0n) is 13.8. The lowest BCUT2D eigenvalue weighted by Gasteiger charge is -2.29. The number of hydrogen-bond acceptors (Lipinski definition) is 3. The zero-order chi connectivity index (χ0) is 15.7. The first-order valence-electron chi connectivity index (χ1n) is 8.85. The van der Waals surface area contributed by atoms with Crippen molar-refractivity contribution in [3.8, 4) is 0 Å². The van der Waals surface area contributed by atoms with Crippen LogP contribution in [-0.2, 0) is 9.59 Å². The molecule has 0 radical (unpaired) electrons. The van der Waals surface area contributed by atoms with E-state index in [-0.39, 0.29) is 23.8 Å². The number of rotatable bonds is 4. The molecule has 3 fully saturated rings. The Labute approximate surface area is 133 Å². The number of likely N-dealkylation sites (tertiary alicyclic amines) is 1. The molecule has 5 heteroatoms. The molecule has 3 aliphatic heterocycles. The molecular weight excluding hydrogens is 278 g/mol. The first-order valence-corrected chi connectivity index (χ1v) is 8.85. The van der Waals surface area contributed by atoms with Crippen LogP contribution in [0.2, 0.25) is 0 Å². The lowest BCUT2D eigenvalue weighted by atomic mass is 9.89. The van der Waals surface area contributed by atoms with Crippen LogP contribution >= 0.6 is 0 Å². The Balaban J connectivity index is 1.42. The molecule has 0 saturated carbocycles. The van der Waals surface area contributed by atoms with Gasteiger partial charge in [-0.1, -0.05) is 13.8 Å². The normalized spacial score (nSPS) is 34.2. The first kappa shape index (κ1) is 15.8. The van der Waals surface area contributed by atoms with Gasteiger partial charge in [-0.3, -0.25) is 9.59 Å². The molecule has 3 rings (SSSR count). The molecule has 0 aromatic heterocycles. The summed E-state index contributed by atoms with van der Waals surface area (Å²) in [5, 5.41) is 6.77. The third kappa shape index (κ3) is 3.62. The summed E-state index contributed by atoms with van der Waals surface area (Å²) in [6.07, 6.45) is 6.39. The van der Waals surface area contributed by atoms with Gasteiger partial charge in [0.2, 0.25) is 11.8 Å². The largest absolute Gasteiger partial charge is 0.352 e. The standard InChI is InChI=1S/C17H29N3O2/c1-11(2)17(22)20-6-5-15(10-20)19-16(21)9-12-7-13-3-4-14(8-12)18-13/h11-15,18H,3-10H2,1-2H3,(H,19,21). The maximum absolute atomic E-state index is 12.3. The summed E-state index contributed by atoms with van der Waals surface area (Å²) in [6.45, 7) is 5.32. The number of fused-ring (bicyclic) bond motifs is 2. The summed E-state index contributed by atoms with van der Waals surface area (Å²) in [6, 6.07) is 1.43. The van der Waals surface area contributed by atoms with Crippen molar-refractivity contribution in [2.45, 2.75) is 70.5 Å². The Hall–Kier alpha value is -1.10. The molecule has 3 heterocycles. The Morgan fingerprint density at radius 1 is 1.18 bits per heavy atom. The number of carbonyl (C=O) groups excluding carboxylic acids is 2. The van der Waals surface area contributed by atoms with Crippen LogP contribution in [0.15, 0.2) is 0 Å². The topological polar surface area (TPSA) is 61.4 Å². The summed E-state index contributed by atoms with van der Waals surface area (Å²) in [5.74, 6) is 0.954. The van der Waals surface area contributed by atoms with Crippen LogP contribution in [0.1, 0.15) is 52.4 Å². The molecule has 2 amide bonds. The van der Waals surface area contributed by atoms with E-state index in [1.807, 2.05) is 18.7 Å². The second kappa shape index (κ2) is 6.57. The lowest BCUT2D eigenvalue weighted by Crippen LogP contribution is -2.42. The third-order valence-corrected chi connectivity index (χ3v) is 5.40. The smallest absolute Gasteiger partial charge is 0.225 e. The minimum absolute atomic E-state index is 0.0414. The molecule has 3 atom stereocenters. The first-order chi connectivity index (χ1) is 10.5. The van der Waals surface area contributed by atoms with Gasteiger partial charge in [-0.2, -0.15) is 0 Å². The van der Waals surface area contributed by atoms with Crippen molar-refractivity contribution >= 4 is 11.8 Å².